The average Bonchev–Trinajstić information content (AvgIpc) is 2.93. The predicted molar refractivity (Wildman–Crippen MR) is 75.9 cm³/mol. The van der Waals surface area contributed by atoms with E-state index in [0.29, 0.717) is 12.4 Å². The molecule has 6 heteroatoms. The lowest BCUT2D eigenvalue weighted by atomic mass is 10.1. The van der Waals surface area contributed by atoms with Crippen LogP contribution in [0.4, 0.5) is 0 Å². The van der Waals surface area contributed by atoms with Crippen LogP contribution in [0.5, 0.6) is 0 Å². The van der Waals surface area contributed by atoms with E-state index in [1.54, 1.807) is 0 Å². The Morgan fingerprint density at radius 3 is 2.65 bits per heavy atom. The van der Waals surface area contributed by atoms with Crippen molar-refractivity contribution in [3.63, 3.8) is 0 Å². The highest BCUT2D eigenvalue weighted by Gasteiger charge is 2.08. The van der Waals surface area contributed by atoms with E-state index in [2.05, 4.69) is 27.7 Å². The van der Waals surface area contributed by atoms with Crippen LogP contribution in [0, 0.1) is 0 Å². The highest BCUT2D eigenvalue weighted by atomic mass is 16.2. The fraction of sp³-hybridized carbons (Fsp3) is 0.429. The van der Waals surface area contributed by atoms with E-state index in [-0.39, 0.29) is 12.5 Å². The van der Waals surface area contributed by atoms with Crippen LogP contribution >= 0.6 is 0 Å². The van der Waals surface area contributed by atoms with Gasteiger partial charge in [0.1, 0.15) is 6.54 Å². The van der Waals surface area contributed by atoms with Crippen molar-refractivity contribution in [2.45, 2.75) is 33.2 Å². The van der Waals surface area contributed by atoms with Crippen LogP contribution in [0.3, 0.4) is 0 Å². The van der Waals surface area contributed by atoms with Gasteiger partial charge in [0.05, 0.1) is 0 Å². The van der Waals surface area contributed by atoms with Gasteiger partial charge >= 0.3 is 0 Å². The molecule has 1 aromatic carbocycles. The average molecular weight is 273 g/mol. The lowest BCUT2D eigenvalue weighted by Crippen LogP contribution is -2.29. The number of carbonyl (C=O) groups is 1. The predicted octanol–water partition coefficient (Wildman–Crippen LogP) is 1.43. The molecule has 106 valence electrons. The molecule has 0 bridgehead atoms. The summed E-state index contributed by atoms with van der Waals surface area (Å²) < 4.78 is 0. The number of carbonyl (C=O) groups excluding carboxylic acids is 1. The Kier molecular flexibility index (Phi) is 4.81. The molecule has 0 aliphatic rings. The Bertz CT molecular complexity index is 561. The third-order valence-corrected chi connectivity index (χ3v) is 2.93. The second kappa shape index (κ2) is 6.79. The number of nitrogens with zero attached hydrogens (tertiary/aromatic N) is 4. The molecule has 0 aliphatic carbocycles. The van der Waals surface area contributed by atoms with E-state index in [9.17, 15) is 4.79 Å². The molecule has 0 aliphatic heterocycles. The molecular weight excluding hydrogens is 254 g/mol. The summed E-state index contributed by atoms with van der Waals surface area (Å²) >= 11 is 0. The molecular formula is C14H19N5O. The number of benzene rings is 1. The first-order valence-electron chi connectivity index (χ1n) is 6.86. The summed E-state index contributed by atoms with van der Waals surface area (Å²) in [7, 11) is 0. The Hall–Kier alpha value is -2.24. The Balaban J connectivity index is 2.02. The Labute approximate surface area is 118 Å². The van der Waals surface area contributed by atoms with Crippen molar-refractivity contribution >= 4 is 5.91 Å². The van der Waals surface area contributed by atoms with Crippen molar-refractivity contribution in [2.75, 3.05) is 6.54 Å². The fourth-order valence-corrected chi connectivity index (χ4v) is 1.76. The van der Waals surface area contributed by atoms with Crippen molar-refractivity contribution in [3.8, 4) is 11.4 Å². The monoisotopic (exact) mass is 273 g/mol. The molecule has 1 amide bonds. The van der Waals surface area contributed by atoms with Gasteiger partial charge in [0.25, 0.3) is 0 Å². The number of aryl methyl sites for hydroxylation is 1. The molecule has 0 spiro atoms. The number of aromatic nitrogens is 4. The number of amides is 1. The minimum atomic E-state index is -0.0999. The summed E-state index contributed by atoms with van der Waals surface area (Å²) in [5, 5.41) is 14.9. The highest BCUT2D eigenvalue weighted by molar-refractivity contribution is 5.75. The van der Waals surface area contributed by atoms with Gasteiger partial charge in [-0.15, -0.1) is 10.2 Å². The van der Waals surface area contributed by atoms with Gasteiger partial charge in [0.2, 0.25) is 11.7 Å². The smallest absolute Gasteiger partial charge is 0.243 e. The molecule has 1 N–H and O–H groups in total. The van der Waals surface area contributed by atoms with Gasteiger partial charge in [-0.05, 0) is 23.6 Å². The van der Waals surface area contributed by atoms with Gasteiger partial charge in [-0.2, -0.15) is 4.80 Å². The summed E-state index contributed by atoms with van der Waals surface area (Å²) in [5.41, 5.74) is 2.17. The molecule has 6 nitrogen and oxygen atoms in total. The molecule has 1 aromatic heterocycles. The topological polar surface area (TPSA) is 72.7 Å². The minimum Gasteiger partial charge on any atom is -0.354 e. The van der Waals surface area contributed by atoms with Crippen molar-refractivity contribution < 1.29 is 4.79 Å². The third-order valence-electron chi connectivity index (χ3n) is 2.93. The van der Waals surface area contributed by atoms with Crippen molar-refractivity contribution in [1.29, 1.82) is 0 Å². The van der Waals surface area contributed by atoms with Crippen LogP contribution in [-0.2, 0) is 17.8 Å². The normalized spacial score (nSPS) is 10.5. The molecule has 0 atom stereocenters. The first kappa shape index (κ1) is 14.2. The number of nitrogens with one attached hydrogen (secondary N) is 1. The highest BCUT2D eigenvalue weighted by Crippen LogP contribution is 2.14. The quantitative estimate of drug-likeness (QED) is 0.864. The van der Waals surface area contributed by atoms with Gasteiger partial charge in [-0.3, -0.25) is 4.79 Å². The zero-order valence-corrected chi connectivity index (χ0v) is 11.8. The standard InChI is InChI=1S/C14H19N5O/c1-3-9-15-13(20)10-19-17-14(16-18-19)12-7-5-11(4-2)6-8-12/h5-8H,3-4,9-10H2,1-2H3,(H,15,20). The van der Waals surface area contributed by atoms with E-state index in [1.165, 1.54) is 10.4 Å². The fourth-order valence-electron chi connectivity index (χ4n) is 1.76. The van der Waals surface area contributed by atoms with E-state index < -0.39 is 0 Å². The molecule has 20 heavy (non-hydrogen) atoms. The SMILES string of the molecule is CCCNC(=O)Cn1nnc(-c2ccc(CC)cc2)n1. The number of tetrazole rings is 1. The van der Waals surface area contributed by atoms with Gasteiger partial charge in [0.15, 0.2) is 0 Å². The summed E-state index contributed by atoms with van der Waals surface area (Å²) in [6.45, 7) is 4.88. The van der Waals surface area contributed by atoms with Crippen LogP contribution in [0.2, 0.25) is 0 Å². The van der Waals surface area contributed by atoms with Crippen LogP contribution in [0.1, 0.15) is 25.8 Å². The largest absolute Gasteiger partial charge is 0.354 e. The lowest BCUT2D eigenvalue weighted by molar-refractivity contribution is -0.122. The summed E-state index contributed by atoms with van der Waals surface area (Å²) in [5.74, 6) is 0.438. The van der Waals surface area contributed by atoms with Crippen LogP contribution < -0.4 is 5.32 Å². The van der Waals surface area contributed by atoms with Crippen LogP contribution in [-0.4, -0.2) is 32.7 Å². The maximum Gasteiger partial charge on any atom is 0.243 e. The maximum atomic E-state index is 11.6. The summed E-state index contributed by atoms with van der Waals surface area (Å²) in [6.07, 6.45) is 1.91. The zero-order valence-electron chi connectivity index (χ0n) is 11.8. The Morgan fingerprint density at radius 2 is 2.00 bits per heavy atom. The molecule has 0 fully saturated rings. The van der Waals surface area contributed by atoms with Gasteiger partial charge in [0, 0.05) is 12.1 Å². The first-order chi connectivity index (χ1) is 9.72. The zero-order chi connectivity index (χ0) is 14.4. The summed E-state index contributed by atoms with van der Waals surface area (Å²) in [4.78, 5) is 12.9. The van der Waals surface area contributed by atoms with E-state index >= 15 is 0 Å². The molecule has 0 radical (unpaired) electrons. The molecule has 1 heterocycles. The molecule has 0 saturated heterocycles. The second-order valence-corrected chi connectivity index (χ2v) is 4.54. The number of hydrogen-bond donors (Lipinski definition) is 1. The minimum absolute atomic E-state index is 0.0973. The lowest BCUT2D eigenvalue weighted by Gasteiger charge is -2.01. The number of rotatable bonds is 6. The molecule has 0 saturated carbocycles. The van der Waals surface area contributed by atoms with Gasteiger partial charge in [-0.25, -0.2) is 0 Å². The van der Waals surface area contributed by atoms with Crippen molar-refractivity contribution in [1.82, 2.24) is 25.5 Å². The summed E-state index contributed by atoms with van der Waals surface area (Å²) in [6, 6.07) is 8.03. The van der Waals surface area contributed by atoms with E-state index in [4.69, 9.17) is 0 Å². The maximum absolute atomic E-state index is 11.6. The third kappa shape index (κ3) is 3.63. The van der Waals surface area contributed by atoms with Crippen LogP contribution in [0.25, 0.3) is 11.4 Å². The second-order valence-electron chi connectivity index (χ2n) is 4.54. The van der Waals surface area contributed by atoms with Crippen molar-refractivity contribution in [2.24, 2.45) is 0 Å². The first-order valence-corrected chi connectivity index (χ1v) is 6.86. The van der Waals surface area contributed by atoms with E-state index in [0.717, 1.165) is 18.4 Å². The van der Waals surface area contributed by atoms with Gasteiger partial charge in [-0.1, -0.05) is 38.1 Å². The molecule has 2 aromatic rings. The van der Waals surface area contributed by atoms with E-state index in [1.807, 2.05) is 31.2 Å². The Morgan fingerprint density at radius 1 is 1.25 bits per heavy atom. The molecule has 0 unspecified atom stereocenters. The van der Waals surface area contributed by atoms with Crippen molar-refractivity contribution in [3.05, 3.63) is 29.8 Å². The van der Waals surface area contributed by atoms with Crippen LogP contribution in [0.15, 0.2) is 24.3 Å². The van der Waals surface area contributed by atoms with Gasteiger partial charge < -0.3 is 5.32 Å². The molecule has 2 rings (SSSR count). The number of hydrogen-bond acceptors (Lipinski definition) is 4.